The lowest BCUT2D eigenvalue weighted by atomic mass is 10.00. The lowest BCUT2D eigenvalue weighted by molar-refractivity contribution is -0.143. The molecular formula is C32H56N8O12S. The number of carbonyl (C=O) groups excluding carboxylic acids is 7. The molecule has 0 bridgehead atoms. The van der Waals surface area contributed by atoms with Gasteiger partial charge < -0.3 is 58.3 Å². The van der Waals surface area contributed by atoms with Crippen LogP contribution in [0.3, 0.4) is 0 Å². The molecule has 0 radical (unpaired) electrons. The quantitative estimate of drug-likeness (QED) is 0.0435. The molecule has 0 saturated heterocycles. The van der Waals surface area contributed by atoms with Gasteiger partial charge in [-0.25, -0.2) is 4.79 Å². The highest BCUT2D eigenvalue weighted by Crippen LogP contribution is 2.09. The average molecular weight is 777 g/mol. The smallest absolute Gasteiger partial charge is 0.326 e. The van der Waals surface area contributed by atoms with Crippen molar-refractivity contribution < 1.29 is 58.5 Å². The fourth-order valence-corrected chi connectivity index (χ4v) is 4.98. The third-order valence-electron chi connectivity index (χ3n) is 7.52. The van der Waals surface area contributed by atoms with E-state index in [2.05, 4.69) is 37.2 Å². The number of aliphatic carboxylic acids is 2. The first-order chi connectivity index (χ1) is 24.6. The van der Waals surface area contributed by atoms with Gasteiger partial charge in [-0.3, -0.25) is 38.4 Å². The third kappa shape index (κ3) is 19.2. The summed E-state index contributed by atoms with van der Waals surface area (Å²) in [6.45, 7) is 8.02. The topological polar surface area (TPSA) is 325 Å². The van der Waals surface area contributed by atoms with Crippen LogP contribution in [0.5, 0.6) is 0 Å². The van der Waals surface area contributed by atoms with Crippen molar-refractivity contribution in [2.24, 2.45) is 17.6 Å². The van der Waals surface area contributed by atoms with Gasteiger partial charge in [0, 0.05) is 6.42 Å². The van der Waals surface area contributed by atoms with E-state index in [4.69, 9.17) is 5.73 Å². The van der Waals surface area contributed by atoms with E-state index in [0.717, 1.165) is 0 Å². The summed E-state index contributed by atoms with van der Waals surface area (Å²) in [6.07, 6.45) is 0.884. The zero-order valence-corrected chi connectivity index (χ0v) is 32.0. The molecule has 53 heavy (non-hydrogen) atoms. The number of nitrogens with one attached hydrogen (secondary N) is 7. The normalized spacial score (nSPS) is 15.0. The molecule has 302 valence electrons. The number of amides is 7. The van der Waals surface area contributed by atoms with Gasteiger partial charge in [-0.1, -0.05) is 27.7 Å². The number of carboxylic acids is 2. The number of aliphatic hydroxyl groups is 1. The Morgan fingerprint density at radius 1 is 0.642 bits per heavy atom. The highest BCUT2D eigenvalue weighted by atomic mass is 32.2. The number of rotatable bonds is 25. The molecule has 0 aromatic carbocycles. The molecule has 0 aromatic heterocycles. The average Bonchev–Trinajstić information content (AvgIpc) is 3.06. The number of carbonyl (C=O) groups is 9. The van der Waals surface area contributed by atoms with Crippen molar-refractivity contribution in [2.75, 3.05) is 25.2 Å². The third-order valence-corrected chi connectivity index (χ3v) is 8.16. The lowest BCUT2D eigenvalue weighted by Crippen LogP contribution is -2.61. The molecule has 0 aromatic rings. The number of hydrogen-bond donors (Lipinski definition) is 11. The highest BCUT2D eigenvalue weighted by molar-refractivity contribution is 7.98. The van der Waals surface area contributed by atoms with Gasteiger partial charge in [0.15, 0.2) is 0 Å². The number of carboxylic acid groups (broad SMARTS) is 2. The van der Waals surface area contributed by atoms with Gasteiger partial charge in [-0.2, -0.15) is 11.8 Å². The van der Waals surface area contributed by atoms with Gasteiger partial charge in [-0.05, 0) is 57.0 Å². The molecule has 0 heterocycles. The fraction of sp³-hybridized carbons (Fsp3) is 0.719. The van der Waals surface area contributed by atoms with E-state index in [0.29, 0.717) is 5.75 Å². The monoisotopic (exact) mass is 776 g/mol. The van der Waals surface area contributed by atoms with E-state index in [-0.39, 0.29) is 18.8 Å². The summed E-state index contributed by atoms with van der Waals surface area (Å²) in [4.78, 5) is 113. The molecule has 0 aliphatic heterocycles. The molecule has 0 spiro atoms. The van der Waals surface area contributed by atoms with E-state index < -0.39 is 127 Å². The standard InChI is InChI=1S/C32H56N8O12S/c1-15(2)12-21(32(51)52)38-31(50)25(16(3)4)40-30(49)22(14-41)39-29(48)20(10-11-53-7)37-28(47)19(8-9-24(43)44)36-27(46)18(6)35-23(42)13-34-26(45)17(5)33/h15-22,25,41H,8-14,33H2,1-7H3,(H,34,45)(H,35,42)(H,36,46)(H,37,47)(H,38,50)(H,39,48)(H,40,49)(H,43,44)(H,51,52)/t17-,18-,19-,20-,21-,22-,25-/m0/s1. The van der Waals surface area contributed by atoms with E-state index in [1.165, 1.54) is 25.6 Å². The minimum absolute atomic E-state index is 0.00115. The molecule has 0 unspecified atom stereocenters. The zero-order valence-electron chi connectivity index (χ0n) is 31.1. The van der Waals surface area contributed by atoms with Crippen LogP contribution >= 0.6 is 11.8 Å². The van der Waals surface area contributed by atoms with Crippen LogP contribution in [-0.4, -0.2) is 136 Å². The molecule has 7 atom stereocenters. The van der Waals surface area contributed by atoms with Gasteiger partial charge in [0.1, 0.15) is 36.3 Å². The van der Waals surface area contributed by atoms with Gasteiger partial charge >= 0.3 is 11.9 Å². The number of thioether (sulfide) groups is 1. The van der Waals surface area contributed by atoms with Crippen LogP contribution in [0.15, 0.2) is 0 Å². The fourth-order valence-electron chi connectivity index (χ4n) is 4.51. The molecule has 0 aliphatic carbocycles. The van der Waals surface area contributed by atoms with E-state index in [1.807, 2.05) is 0 Å². The van der Waals surface area contributed by atoms with Gasteiger partial charge in [0.05, 0.1) is 19.2 Å². The molecule has 20 nitrogen and oxygen atoms in total. The molecule has 0 fully saturated rings. The Morgan fingerprint density at radius 3 is 1.62 bits per heavy atom. The Hall–Kier alpha value is -4.50. The van der Waals surface area contributed by atoms with Crippen LogP contribution in [-0.2, 0) is 43.2 Å². The predicted molar refractivity (Wildman–Crippen MR) is 193 cm³/mol. The maximum atomic E-state index is 13.4. The van der Waals surface area contributed by atoms with Crippen molar-refractivity contribution in [1.82, 2.24) is 37.2 Å². The molecule has 12 N–H and O–H groups in total. The molecule has 21 heteroatoms. The summed E-state index contributed by atoms with van der Waals surface area (Å²) in [7, 11) is 0. The second kappa shape index (κ2) is 24.7. The van der Waals surface area contributed by atoms with Gasteiger partial charge in [0.2, 0.25) is 41.4 Å². The van der Waals surface area contributed by atoms with Gasteiger partial charge in [0.25, 0.3) is 0 Å². The van der Waals surface area contributed by atoms with E-state index in [1.54, 1.807) is 34.0 Å². The van der Waals surface area contributed by atoms with Crippen LogP contribution in [0.1, 0.15) is 67.2 Å². The zero-order chi connectivity index (χ0) is 41.0. The Kier molecular flexibility index (Phi) is 22.6. The Bertz CT molecular complexity index is 1300. The van der Waals surface area contributed by atoms with Gasteiger partial charge in [-0.15, -0.1) is 0 Å². The maximum absolute atomic E-state index is 13.4. The van der Waals surface area contributed by atoms with Crippen molar-refractivity contribution in [2.45, 2.75) is 110 Å². The molecule has 0 rings (SSSR count). The van der Waals surface area contributed by atoms with E-state index >= 15 is 0 Å². The number of hydrogen-bond acceptors (Lipinski definition) is 12. The first-order valence-corrected chi connectivity index (χ1v) is 18.4. The van der Waals surface area contributed by atoms with Crippen LogP contribution in [0.4, 0.5) is 0 Å². The Labute approximate surface area is 312 Å². The highest BCUT2D eigenvalue weighted by Gasteiger charge is 2.34. The number of nitrogens with two attached hydrogens (primary N) is 1. The first kappa shape index (κ1) is 48.5. The summed E-state index contributed by atoms with van der Waals surface area (Å²) < 4.78 is 0. The predicted octanol–water partition coefficient (Wildman–Crippen LogP) is -3.22. The summed E-state index contributed by atoms with van der Waals surface area (Å²) in [5.41, 5.74) is 5.43. The SMILES string of the molecule is CSCC[C@H](NC(=O)[C@H](CCC(=O)O)NC(=O)[C@H](C)NC(=O)CNC(=O)[C@H](C)N)C(=O)N[C@@H](CO)C(=O)N[C@H](C(=O)N[C@@H](CC(C)C)C(=O)O)C(C)C. The van der Waals surface area contributed by atoms with Crippen LogP contribution in [0.2, 0.25) is 0 Å². The van der Waals surface area contributed by atoms with Crippen molar-refractivity contribution in [3.8, 4) is 0 Å². The summed E-state index contributed by atoms with van der Waals surface area (Å²) in [5, 5.41) is 45.3. The summed E-state index contributed by atoms with van der Waals surface area (Å²) >= 11 is 1.31. The first-order valence-electron chi connectivity index (χ1n) is 17.0. The summed E-state index contributed by atoms with van der Waals surface area (Å²) in [5.74, 6) is -8.71. The Balaban J connectivity index is 5.86. The molecule has 0 saturated carbocycles. The van der Waals surface area contributed by atoms with Crippen LogP contribution in [0, 0.1) is 11.8 Å². The van der Waals surface area contributed by atoms with Crippen molar-refractivity contribution in [1.29, 1.82) is 0 Å². The van der Waals surface area contributed by atoms with Crippen LogP contribution < -0.4 is 43.0 Å². The van der Waals surface area contributed by atoms with Crippen LogP contribution in [0.25, 0.3) is 0 Å². The molecule has 0 aliphatic rings. The Morgan fingerprint density at radius 2 is 1.15 bits per heavy atom. The van der Waals surface area contributed by atoms with Crippen molar-refractivity contribution in [3.63, 3.8) is 0 Å². The van der Waals surface area contributed by atoms with Crippen molar-refractivity contribution in [3.05, 3.63) is 0 Å². The molecule has 7 amide bonds. The van der Waals surface area contributed by atoms with Crippen molar-refractivity contribution >= 4 is 65.1 Å². The largest absolute Gasteiger partial charge is 0.481 e. The number of aliphatic hydroxyl groups excluding tert-OH is 1. The maximum Gasteiger partial charge on any atom is 0.326 e. The minimum Gasteiger partial charge on any atom is -0.481 e. The molecular weight excluding hydrogens is 720 g/mol. The lowest BCUT2D eigenvalue weighted by Gasteiger charge is -2.28. The minimum atomic E-state index is -1.61. The summed E-state index contributed by atoms with van der Waals surface area (Å²) in [6, 6.07) is -9.03. The van der Waals surface area contributed by atoms with E-state index in [9.17, 15) is 58.5 Å². The second-order valence-corrected chi connectivity index (χ2v) is 14.1. The second-order valence-electron chi connectivity index (χ2n) is 13.1.